The van der Waals surface area contributed by atoms with E-state index in [1.165, 1.54) is 6.07 Å². The lowest BCUT2D eigenvalue weighted by Gasteiger charge is -2.40. The van der Waals surface area contributed by atoms with Crippen LogP contribution in [-0.2, 0) is 11.6 Å². The molecule has 1 aliphatic rings. The summed E-state index contributed by atoms with van der Waals surface area (Å²) in [7, 11) is 0. The molecule has 0 unspecified atom stereocenters. The summed E-state index contributed by atoms with van der Waals surface area (Å²) >= 11 is 5.51. The van der Waals surface area contributed by atoms with Crippen LogP contribution in [0.2, 0.25) is 5.02 Å². The van der Waals surface area contributed by atoms with Gasteiger partial charge in [0, 0.05) is 0 Å². The number of rotatable bonds is 1. The average Bonchev–Trinajstić information content (AvgIpc) is 2.23. The van der Waals surface area contributed by atoms with Crippen LogP contribution in [0.15, 0.2) is 18.2 Å². The van der Waals surface area contributed by atoms with Gasteiger partial charge in [0.05, 0.1) is 28.2 Å². The van der Waals surface area contributed by atoms with Gasteiger partial charge in [-0.15, -0.1) is 0 Å². The zero-order valence-corrected chi connectivity index (χ0v) is 9.89. The molecule has 0 radical (unpaired) electrons. The Morgan fingerprint density at radius 1 is 1.39 bits per heavy atom. The van der Waals surface area contributed by atoms with Crippen LogP contribution in [0.3, 0.4) is 0 Å². The molecule has 2 rings (SSSR count). The quantitative estimate of drug-likeness (QED) is 0.855. The summed E-state index contributed by atoms with van der Waals surface area (Å²) in [5.41, 5.74) is -1.71. The van der Waals surface area contributed by atoms with Gasteiger partial charge in [0.25, 0.3) is 0 Å². The summed E-state index contributed by atoms with van der Waals surface area (Å²) in [6.45, 7) is 0. The Morgan fingerprint density at radius 3 is 2.44 bits per heavy atom. The van der Waals surface area contributed by atoms with Crippen LogP contribution in [0.4, 0.5) is 13.2 Å². The highest BCUT2D eigenvalue weighted by atomic mass is 35.5. The molecule has 6 heteroatoms. The molecule has 1 aromatic carbocycles. The maximum atomic E-state index is 12.7. The average molecular weight is 276 g/mol. The molecular weight excluding hydrogens is 267 g/mol. The second kappa shape index (κ2) is 4.15. The smallest absolute Gasteiger partial charge is 0.393 e. The minimum absolute atomic E-state index is 0.155. The molecule has 2 nitrogen and oxygen atoms in total. The largest absolute Gasteiger partial charge is 0.417 e. The Balaban J connectivity index is 2.46. The van der Waals surface area contributed by atoms with Crippen molar-refractivity contribution in [3.05, 3.63) is 34.3 Å². The second-order valence-corrected chi connectivity index (χ2v) is 4.86. The Bertz CT molecular complexity index is 515. The summed E-state index contributed by atoms with van der Waals surface area (Å²) in [4.78, 5) is 0. The summed E-state index contributed by atoms with van der Waals surface area (Å²) in [6.07, 6.45) is -4.87. The Morgan fingerprint density at radius 2 is 2.00 bits per heavy atom. The van der Waals surface area contributed by atoms with Gasteiger partial charge in [0.15, 0.2) is 0 Å². The number of halogens is 4. The van der Waals surface area contributed by atoms with E-state index in [0.717, 1.165) is 12.1 Å². The number of aliphatic hydroxyl groups excluding tert-OH is 1. The third-order valence-electron chi connectivity index (χ3n) is 3.21. The molecule has 0 spiro atoms. The van der Waals surface area contributed by atoms with E-state index < -0.39 is 23.3 Å². The monoisotopic (exact) mass is 275 g/mol. The van der Waals surface area contributed by atoms with Crippen molar-refractivity contribution in [2.75, 3.05) is 0 Å². The van der Waals surface area contributed by atoms with Gasteiger partial charge < -0.3 is 5.11 Å². The highest BCUT2D eigenvalue weighted by Gasteiger charge is 2.46. The molecule has 96 valence electrons. The van der Waals surface area contributed by atoms with Crippen molar-refractivity contribution in [1.29, 1.82) is 5.26 Å². The standard InChI is InChI=1S/C12H9ClF3NO/c13-10-2-1-7(3-9(10)12(14,15)16)11(6-17)4-8(18)5-11/h1-3,8,18H,4-5H2. The lowest BCUT2D eigenvalue weighted by atomic mass is 9.63. The van der Waals surface area contributed by atoms with Crippen LogP contribution in [0.5, 0.6) is 0 Å². The Labute approximate surface area is 107 Å². The molecule has 1 aromatic rings. The van der Waals surface area contributed by atoms with Crippen molar-refractivity contribution in [2.24, 2.45) is 0 Å². The highest BCUT2D eigenvalue weighted by Crippen LogP contribution is 2.45. The van der Waals surface area contributed by atoms with Crippen molar-refractivity contribution in [3.8, 4) is 6.07 Å². The topological polar surface area (TPSA) is 44.0 Å². The predicted octanol–water partition coefficient (Wildman–Crippen LogP) is 3.27. The lowest BCUT2D eigenvalue weighted by molar-refractivity contribution is -0.137. The first-order valence-corrected chi connectivity index (χ1v) is 5.63. The molecule has 1 N–H and O–H groups in total. The normalized spacial score (nSPS) is 27.4. The first kappa shape index (κ1) is 13.2. The van der Waals surface area contributed by atoms with E-state index in [4.69, 9.17) is 16.9 Å². The zero-order valence-electron chi connectivity index (χ0n) is 9.13. The maximum Gasteiger partial charge on any atom is 0.417 e. The molecule has 1 fully saturated rings. The molecule has 18 heavy (non-hydrogen) atoms. The van der Waals surface area contributed by atoms with E-state index in [2.05, 4.69) is 0 Å². The van der Waals surface area contributed by atoms with E-state index in [0.29, 0.717) is 0 Å². The molecule has 1 saturated carbocycles. The lowest BCUT2D eigenvalue weighted by Crippen LogP contribution is -2.43. The van der Waals surface area contributed by atoms with Crippen molar-refractivity contribution < 1.29 is 18.3 Å². The van der Waals surface area contributed by atoms with Crippen LogP contribution in [0.25, 0.3) is 0 Å². The first-order chi connectivity index (χ1) is 8.28. The minimum atomic E-state index is -4.55. The second-order valence-electron chi connectivity index (χ2n) is 4.45. The van der Waals surface area contributed by atoms with Crippen molar-refractivity contribution >= 4 is 11.6 Å². The molecular formula is C12H9ClF3NO. The van der Waals surface area contributed by atoms with Crippen LogP contribution in [-0.4, -0.2) is 11.2 Å². The van der Waals surface area contributed by atoms with Crippen LogP contribution in [0.1, 0.15) is 24.0 Å². The molecule has 1 aliphatic carbocycles. The number of benzene rings is 1. The number of hydrogen-bond donors (Lipinski definition) is 1. The molecule has 0 aliphatic heterocycles. The van der Waals surface area contributed by atoms with E-state index in [-0.39, 0.29) is 23.4 Å². The van der Waals surface area contributed by atoms with E-state index >= 15 is 0 Å². The predicted molar refractivity (Wildman–Crippen MR) is 59.0 cm³/mol. The fraction of sp³-hybridized carbons (Fsp3) is 0.417. The van der Waals surface area contributed by atoms with Gasteiger partial charge in [-0.1, -0.05) is 17.7 Å². The molecule has 0 amide bonds. The van der Waals surface area contributed by atoms with Crippen molar-refractivity contribution in [1.82, 2.24) is 0 Å². The van der Waals surface area contributed by atoms with Gasteiger partial charge in [-0.2, -0.15) is 18.4 Å². The number of nitriles is 1. The van der Waals surface area contributed by atoms with Crippen molar-refractivity contribution in [2.45, 2.75) is 30.5 Å². The third kappa shape index (κ3) is 2.06. The summed E-state index contributed by atoms with van der Waals surface area (Å²) in [6, 6.07) is 5.44. The molecule has 0 aromatic heterocycles. The third-order valence-corrected chi connectivity index (χ3v) is 3.54. The van der Waals surface area contributed by atoms with Crippen LogP contribution >= 0.6 is 11.6 Å². The van der Waals surface area contributed by atoms with Crippen molar-refractivity contribution in [3.63, 3.8) is 0 Å². The van der Waals surface area contributed by atoms with E-state index in [9.17, 15) is 18.3 Å². The highest BCUT2D eigenvalue weighted by molar-refractivity contribution is 6.31. The fourth-order valence-electron chi connectivity index (χ4n) is 2.18. The van der Waals surface area contributed by atoms with E-state index in [1.807, 2.05) is 6.07 Å². The number of nitrogens with zero attached hydrogens (tertiary/aromatic N) is 1. The number of aliphatic hydroxyl groups is 1. The summed E-state index contributed by atoms with van der Waals surface area (Å²) in [5, 5.41) is 18.0. The van der Waals surface area contributed by atoms with Gasteiger partial charge in [0.1, 0.15) is 0 Å². The van der Waals surface area contributed by atoms with Gasteiger partial charge in [-0.05, 0) is 30.5 Å². The van der Waals surface area contributed by atoms with Crippen LogP contribution in [0, 0.1) is 11.3 Å². The maximum absolute atomic E-state index is 12.7. The molecule has 0 heterocycles. The fourth-order valence-corrected chi connectivity index (χ4v) is 2.40. The van der Waals surface area contributed by atoms with Gasteiger partial charge in [0.2, 0.25) is 0 Å². The first-order valence-electron chi connectivity index (χ1n) is 5.25. The van der Waals surface area contributed by atoms with Gasteiger partial charge >= 0.3 is 6.18 Å². The SMILES string of the molecule is N#CC1(c2ccc(Cl)c(C(F)(F)F)c2)CC(O)C1. The summed E-state index contributed by atoms with van der Waals surface area (Å²) in [5.74, 6) is 0. The Hall–Kier alpha value is -1.25. The van der Waals surface area contributed by atoms with Gasteiger partial charge in [-0.3, -0.25) is 0 Å². The van der Waals surface area contributed by atoms with Gasteiger partial charge in [-0.25, -0.2) is 0 Å². The summed E-state index contributed by atoms with van der Waals surface area (Å²) < 4.78 is 38.1. The Kier molecular flexibility index (Phi) is 3.04. The van der Waals surface area contributed by atoms with Crippen LogP contribution < -0.4 is 0 Å². The number of hydrogen-bond acceptors (Lipinski definition) is 2. The molecule has 0 atom stereocenters. The van der Waals surface area contributed by atoms with E-state index in [1.54, 1.807) is 0 Å². The molecule has 0 saturated heterocycles. The minimum Gasteiger partial charge on any atom is -0.393 e. The molecule has 0 bridgehead atoms. The zero-order chi connectivity index (χ0) is 13.6. The number of alkyl halides is 3.